The van der Waals surface area contributed by atoms with E-state index in [2.05, 4.69) is 9.97 Å². The Bertz CT molecular complexity index is 925. The van der Waals surface area contributed by atoms with Crippen LogP contribution < -0.4 is 0 Å². The van der Waals surface area contributed by atoms with Gasteiger partial charge in [-0.2, -0.15) is 13.2 Å². The molecule has 0 spiro atoms. The van der Waals surface area contributed by atoms with E-state index in [9.17, 15) is 18.3 Å². The zero-order valence-corrected chi connectivity index (χ0v) is 13.3. The molecule has 1 fully saturated rings. The second kappa shape index (κ2) is 6.19. The lowest BCUT2D eigenvalue weighted by atomic mass is 10.1. The van der Waals surface area contributed by atoms with Gasteiger partial charge < -0.3 is 9.84 Å². The Labute approximate surface area is 146 Å². The van der Waals surface area contributed by atoms with Crippen LogP contribution in [0.15, 0.2) is 60.8 Å². The first-order valence-corrected chi connectivity index (χ1v) is 7.86. The minimum atomic E-state index is -4.37. The van der Waals surface area contributed by atoms with Gasteiger partial charge in [0.2, 0.25) is 0 Å². The van der Waals surface area contributed by atoms with Crippen molar-refractivity contribution in [2.24, 2.45) is 0 Å². The second-order valence-corrected chi connectivity index (χ2v) is 5.91. The summed E-state index contributed by atoms with van der Waals surface area (Å²) in [5, 5.41) is 9.29. The predicted octanol–water partition coefficient (Wildman–Crippen LogP) is 4.22. The van der Waals surface area contributed by atoms with Crippen LogP contribution >= 0.6 is 0 Å². The normalized spacial score (nSPS) is 19.4. The van der Waals surface area contributed by atoms with E-state index >= 15 is 0 Å². The fourth-order valence-corrected chi connectivity index (χ4v) is 2.66. The average molecular weight is 358 g/mol. The molecule has 4 nitrogen and oxygen atoms in total. The maximum Gasteiger partial charge on any atom is 0.416 e. The number of aromatic nitrogens is 2. The fraction of sp³-hybridized carbons (Fsp3) is 0.158. The van der Waals surface area contributed by atoms with Gasteiger partial charge in [0.25, 0.3) is 0 Å². The molecule has 132 valence electrons. The molecule has 7 heteroatoms. The van der Waals surface area contributed by atoms with E-state index in [-0.39, 0.29) is 6.10 Å². The topological polar surface area (TPSA) is 58.5 Å². The molecular weight excluding hydrogens is 345 g/mol. The lowest BCUT2D eigenvalue weighted by Gasteiger charge is -2.08. The molecule has 26 heavy (non-hydrogen) atoms. The Balaban J connectivity index is 1.60. The maximum atomic E-state index is 12.7. The van der Waals surface area contributed by atoms with Gasteiger partial charge in [0.15, 0.2) is 12.1 Å². The molecule has 0 radical (unpaired) electrons. The molecule has 1 aromatic heterocycles. The van der Waals surface area contributed by atoms with Crippen molar-refractivity contribution in [1.29, 1.82) is 0 Å². The molecule has 1 aliphatic rings. The second-order valence-electron chi connectivity index (χ2n) is 5.91. The van der Waals surface area contributed by atoms with E-state index in [1.54, 1.807) is 12.3 Å². The smallest absolute Gasteiger partial charge is 0.366 e. The third-order valence-corrected chi connectivity index (χ3v) is 4.13. The monoisotopic (exact) mass is 358 g/mol. The quantitative estimate of drug-likeness (QED) is 0.712. The molecule has 0 amide bonds. The van der Waals surface area contributed by atoms with E-state index in [1.807, 2.05) is 24.3 Å². The fourth-order valence-electron chi connectivity index (χ4n) is 2.66. The van der Waals surface area contributed by atoms with Crippen molar-refractivity contribution < 1.29 is 23.0 Å². The zero-order chi connectivity index (χ0) is 18.3. The summed E-state index contributed by atoms with van der Waals surface area (Å²) in [5.74, 6) is 0.348. The number of aliphatic hydroxyl groups excluding tert-OH is 1. The summed E-state index contributed by atoms with van der Waals surface area (Å²) in [6, 6.07) is 13.9. The van der Waals surface area contributed by atoms with Crippen molar-refractivity contribution in [2.75, 3.05) is 0 Å². The number of aliphatic hydroxyl groups is 1. The molecular formula is C19H13F3N2O2. The van der Waals surface area contributed by atoms with Gasteiger partial charge in [-0.15, -0.1) is 0 Å². The van der Waals surface area contributed by atoms with Gasteiger partial charge >= 0.3 is 6.18 Å². The molecule has 2 atom stereocenters. The molecule has 1 aliphatic heterocycles. The summed E-state index contributed by atoms with van der Waals surface area (Å²) in [6.07, 6.45) is -3.83. The van der Waals surface area contributed by atoms with Crippen LogP contribution in [0.4, 0.5) is 13.2 Å². The van der Waals surface area contributed by atoms with Crippen LogP contribution in [0.25, 0.3) is 22.6 Å². The number of hydrogen-bond acceptors (Lipinski definition) is 4. The number of halogens is 3. The van der Waals surface area contributed by atoms with Gasteiger partial charge in [-0.3, -0.25) is 0 Å². The first-order chi connectivity index (χ1) is 12.4. The highest BCUT2D eigenvalue weighted by atomic mass is 19.4. The molecule has 4 rings (SSSR count). The predicted molar refractivity (Wildman–Crippen MR) is 87.7 cm³/mol. The van der Waals surface area contributed by atoms with Crippen molar-refractivity contribution in [1.82, 2.24) is 9.97 Å². The molecule has 0 saturated carbocycles. The van der Waals surface area contributed by atoms with Crippen molar-refractivity contribution in [2.45, 2.75) is 18.6 Å². The number of alkyl halides is 3. The van der Waals surface area contributed by atoms with Gasteiger partial charge in [0.05, 0.1) is 11.3 Å². The summed E-state index contributed by atoms with van der Waals surface area (Å²) in [6.45, 7) is 0. The summed E-state index contributed by atoms with van der Waals surface area (Å²) < 4.78 is 43.0. The van der Waals surface area contributed by atoms with Gasteiger partial charge in [-0.1, -0.05) is 36.4 Å². The highest BCUT2D eigenvalue weighted by Crippen LogP contribution is 2.37. The molecule has 2 heterocycles. The molecule has 0 bridgehead atoms. The number of benzene rings is 2. The van der Waals surface area contributed by atoms with E-state index in [4.69, 9.17) is 4.74 Å². The van der Waals surface area contributed by atoms with E-state index in [0.29, 0.717) is 17.1 Å². The first kappa shape index (κ1) is 16.7. The van der Waals surface area contributed by atoms with Crippen LogP contribution in [0.2, 0.25) is 0 Å². The van der Waals surface area contributed by atoms with Gasteiger partial charge in [0.1, 0.15) is 6.10 Å². The first-order valence-electron chi connectivity index (χ1n) is 7.86. The number of nitrogens with zero attached hydrogens (tertiary/aromatic N) is 2. The highest BCUT2D eigenvalue weighted by molar-refractivity contribution is 5.64. The van der Waals surface area contributed by atoms with E-state index < -0.39 is 18.0 Å². The Morgan fingerprint density at radius 3 is 2.08 bits per heavy atom. The Hall–Kier alpha value is -2.77. The van der Waals surface area contributed by atoms with Crippen LogP contribution in [-0.2, 0) is 10.9 Å². The molecule has 2 aromatic carbocycles. The maximum absolute atomic E-state index is 12.7. The Kier molecular flexibility index (Phi) is 3.97. The summed E-state index contributed by atoms with van der Waals surface area (Å²) in [5.41, 5.74) is 2.15. The third-order valence-electron chi connectivity index (χ3n) is 4.13. The SMILES string of the molecule is OC1OC1c1ccc(-c2ccnc(-c3ccc(C(F)(F)F)cc3)n2)cc1. The molecule has 0 aliphatic carbocycles. The van der Waals surface area contributed by atoms with E-state index in [0.717, 1.165) is 23.3 Å². The van der Waals surface area contributed by atoms with Crippen molar-refractivity contribution in [3.05, 3.63) is 71.9 Å². The lowest BCUT2D eigenvalue weighted by molar-refractivity contribution is -0.137. The van der Waals surface area contributed by atoms with Crippen LogP contribution in [-0.4, -0.2) is 21.4 Å². The van der Waals surface area contributed by atoms with Crippen molar-refractivity contribution in [3.8, 4) is 22.6 Å². The third kappa shape index (κ3) is 3.31. The van der Waals surface area contributed by atoms with Crippen molar-refractivity contribution >= 4 is 0 Å². The molecule has 1 saturated heterocycles. The lowest BCUT2D eigenvalue weighted by Crippen LogP contribution is -2.04. The number of rotatable bonds is 3. The number of hydrogen-bond donors (Lipinski definition) is 1. The summed E-state index contributed by atoms with van der Waals surface area (Å²) in [4.78, 5) is 8.58. The summed E-state index contributed by atoms with van der Waals surface area (Å²) >= 11 is 0. The van der Waals surface area contributed by atoms with Crippen LogP contribution in [0.1, 0.15) is 17.2 Å². The van der Waals surface area contributed by atoms with Gasteiger partial charge in [-0.25, -0.2) is 9.97 Å². The van der Waals surface area contributed by atoms with Crippen LogP contribution in [0.3, 0.4) is 0 Å². The largest absolute Gasteiger partial charge is 0.416 e. The zero-order valence-electron chi connectivity index (χ0n) is 13.3. The van der Waals surface area contributed by atoms with Crippen LogP contribution in [0, 0.1) is 0 Å². The highest BCUT2D eigenvalue weighted by Gasteiger charge is 2.38. The Morgan fingerprint density at radius 2 is 1.50 bits per heavy atom. The molecule has 1 N–H and O–H groups in total. The van der Waals surface area contributed by atoms with E-state index in [1.165, 1.54) is 12.1 Å². The van der Waals surface area contributed by atoms with Gasteiger partial charge in [-0.05, 0) is 23.8 Å². The van der Waals surface area contributed by atoms with Crippen molar-refractivity contribution in [3.63, 3.8) is 0 Å². The molecule has 3 aromatic rings. The standard InChI is InChI=1S/C19H13F3N2O2/c20-19(21,22)14-7-5-13(6-8-14)17-23-10-9-15(24-17)11-1-3-12(4-2-11)16-18(25)26-16/h1-10,16,18,25H. The number of epoxide rings is 1. The minimum Gasteiger partial charge on any atom is -0.366 e. The number of ether oxygens (including phenoxy) is 1. The summed E-state index contributed by atoms with van der Waals surface area (Å²) in [7, 11) is 0. The van der Waals surface area contributed by atoms with Gasteiger partial charge in [0, 0.05) is 17.3 Å². The Morgan fingerprint density at radius 1 is 0.885 bits per heavy atom. The molecule has 2 unspecified atom stereocenters. The van der Waals surface area contributed by atoms with Crippen LogP contribution in [0.5, 0.6) is 0 Å². The average Bonchev–Trinajstić information content (AvgIpc) is 3.38. The minimum absolute atomic E-state index is 0.280.